The van der Waals surface area contributed by atoms with E-state index in [9.17, 15) is 4.79 Å². The van der Waals surface area contributed by atoms with Crippen molar-refractivity contribution >= 4 is 17.7 Å². The van der Waals surface area contributed by atoms with Crippen LogP contribution >= 0.6 is 0 Å². The zero-order valence-corrected chi connectivity index (χ0v) is 14.2. The quantitative estimate of drug-likeness (QED) is 0.710. The van der Waals surface area contributed by atoms with Crippen LogP contribution < -0.4 is 20.5 Å². The second-order valence-corrected chi connectivity index (χ2v) is 5.86. The minimum absolute atomic E-state index is 0.0898. The van der Waals surface area contributed by atoms with Crippen molar-refractivity contribution in [2.45, 2.75) is 46.0 Å². The van der Waals surface area contributed by atoms with Crippen molar-refractivity contribution in [2.24, 2.45) is 0 Å². The van der Waals surface area contributed by atoms with Gasteiger partial charge in [0.25, 0.3) is 0 Å². The van der Waals surface area contributed by atoms with Gasteiger partial charge in [0.2, 0.25) is 5.91 Å². The van der Waals surface area contributed by atoms with Crippen LogP contribution in [0.3, 0.4) is 0 Å². The average molecular weight is 317 g/mol. The minimum atomic E-state index is 0.0898. The Hall–Kier alpha value is -1.97. The highest BCUT2D eigenvalue weighted by atomic mass is 16.5. The number of unbranched alkanes of at least 4 members (excludes halogenated alkanes) is 2. The Morgan fingerprint density at radius 1 is 1.26 bits per heavy atom. The molecule has 0 radical (unpaired) electrons. The maximum atomic E-state index is 11.6. The number of amides is 1. The van der Waals surface area contributed by atoms with Crippen LogP contribution in [0.25, 0.3) is 11.8 Å². The first-order valence-electron chi connectivity index (χ1n) is 8.58. The third-order valence-corrected chi connectivity index (χ3v) is 3.86. The maximum Gasteiger partial charge on any atom is 0.220 e. The van der Waals surface area contributed by atoms with E-state index in [-0.39, 0.29) is 5.91 Å². The number of hydrogen-bond donors (Lipinski definition) is 1. The Balaban J connectivity index is 2.06. The Labute approximate surface area is 138 Å². The van der Waals surface area contributed by atoms with Gasteiger partial charge in [-0.2, -0.15) is 0 Å². The molecule has 1 aliphatic rings. The summed E-state index contributed by atoms with van der Waals surface area (Å²) in [6, 6.07) is 6.07. The fourth-order valence-electron chi connectivity index (χ4n) is 2.57. The molecule has 0 aromatic heterocycles. The van der Waals surface area contributed by atoms with Crippen LogP contribution in [0.4, 0.5) is 0 Å². The third kappa shape index (κ3) is 5.31. The summed E-state index contributed by atoms with van der Waals surface area (Å²) in [5, 5.41) is 5.11. The highest BCUT2D eigenvalue weighted by molar-refractivity contribution is 5.77. The first-order chi connectivity index (χ1) is 11.2. The Kier molecular flexibility index (Phi) is 6.98. The lowest BCUT2D eigenvalue weighted by molar-refractivity contribution is -0.120. The SMILES string of the molecule is CCCCCOc1ccc2c(c1)=COCC=2CNC(=O)CCC. The van der Waals surface area contributed by atoms with Crippen LogP contribution in [0, 0.1) is 0 Å². The molecule has 4 heteroatoms. The van der Waals surface area contributed by atoms with Crippen molar-refractivity contribution in [3.05, 3.63) is 28.6 Å². The predicted octanol–water partition coefficient (Wildman–Crippen LogP) is 2.09. The van der Waals surface area contributed by atoms with Crippen LogP contribution in [0.5, 0.6) is 5.75 Å². The van der Waals surface area contributed by atoms with Gasteiger partial charge in [-0.25, -0.2) is 0 Å². The number of hydrogen-bond acceptors (Lipinski definition) is 3. The van der Waals surface area contributed by atoms with Crippen LogP contribution in [0.15, 0.2) is 18.2 Å². The first kappa shape index (κ1) is 17.4. The number of carbonyl (C=O) groups is 1. The monoisotopic (exact) mass is 317 g/mol. The molecule has 0 saturated heterocycles. The molecule has 1 amide bonds. The second-order valence-electron chi connectivity index (χ2n) is 5.86. The molecule has 1 heterocycles. The molecule has 1 aliphatic heterocycles. The standard InChI is InChI=1S/C19H27NO3/c1-3-5-6-10-23-17-8-9-18-15(11-17)13-22-14-16(18)12-20-19(21)7-4-2/h8-9,11,13H,3-7,10,12,14H2,1-2H3,(H,20,21). The summed E-state index contributed by atoms with van der Waals surface area (Å²) in [5.74, 6) is 0.961. The van der Waals surface area contributed by atoms with Gasteiger partial charge in [0.15, 0.2) is 0 Å². The number of carbonyl (C=O) groups excluding carboxylic acids is 1. The van der Waals surface area contributed by atoms with Gasteiger partial charge in [-0.1, -0.05) is 32.8 Å². The molecule has 0 bridgehead atoms. The topological polar surface area (TPSA) is 47.6 Å². The molecule has 0 saturated carbocycles. The van der Waals surface area contributed by atoms with E-state index in [0.717, 1.165) is 41.2 Å². The molecule has 1 aromatic rings. The molecule has 1 N–H and O–H groups in total. The molecule has 126 valence electrons. The average Bonchev–Trinajstić information content (AvgIpc) is 2.57. The van der Waals surface area contributed by atoms with Crippen molar-refractivity contribution in [1.29, 1.82) is 0 Å². The van der Waals surface area contributed by atoms with E-state index in [4.69, 9.17) is 9.47 Å². The molecular formula is C19H27NO3. The van der Waals surface area contributed by atoms with Crippen molar-refractivity contribution < 1.29 is 14.3 Å². The summed E-state index contributed by atoms with van der Waals surface area (Å²) < 4.78 is 11.3. The van der Waals surface area contributed by atoms with E-state index in [1.54, 1.807) is 6.26 Å². The molecule has 4 nitrogen and oxygen atoms in total. The normalized spacial score (nSPS) is 12.9. The zero-order chi connectivity index (χ0) is 16.5. The first-order valence-corrected chi connectivity index (χ1v) is 8.58. The van der Waals surface area contributed by atoms with Crippen LogP contribution in [0.2, 0.25) is 0 Å². The van der Waals surface area contributed by atoms with Gasteiger partial charge in [-0.05, 0) is 35.8 Å². The number of benzene rings is 1. The molecule has 0 unspecified atom stereocenters. The molecular weight excluding hydrogens is 290 g/mol. The van der Waals surface area contributed by atoms with E-state index in [1.165, 1.54) is 12.8 Å². The van der Waals surface area contributed by atoms with E-state index in [1.807, 2.05) is 19.1 Å². The lowest BCUT2D eigenvalue weighted by Crippen LogP contribution is -2.36. The van der Waals surface area contributed by atoms with Gasteiger partial charge in [-0.3, -0.25) is 4.79 Å². The van der Waals surface area contributed by atoms with Crippen molar-refractivity contribution in [1.82, 2.24) is 5.32 Å². The molecule has 0 atom stereocenters. The molecule has 0 spiro atoms. The minimum Gasteiger partial charge on any atom is -0.496 e. The van der Waals surface area contributed by atoms with E-state index >= 15 is 0 Å². The van der Waals surface area contributed by atoms with Crippen molar-refractivity contribution in [2.75, 3.05) is 19.8 Å². The molecule has 23 heavy (non-hydrogen) atoms. The predicted molar refractivity (Wildman–Crippen MR) is 92.5 cm³/mol. The fourth-order valence-corrected chi connectivity index (χ4v) is 2.57. The Morgan fingerprint density at radius 2 is 2.13 bits per heavy atom. The lowest BCUT2D eigenvalue weighted by atomic mass is 10.1. The van der Waals surface area contributed by atoms with Crippen LogP contribution in [-0.2, 0) is 9.53 Å². The molecule has 0 aliphatic carbocycles. The lowest BCUT2D eigenvalue weighted by Gasteiger charge is -2.14. The van der Waals surface area contributed by atoms with Crippen molar-refractivity contribution in [3.8, 4) is 5.75 Å². The number of fused-ring (bicyclic) bond motifs is 1. The molecule has 1 aromatic carbocycles. The van der Waals surface area contributed by atoms with Gasteiger partial charge in [-0.15, -0.1) is 0 Å². The third-order valence-electron chi connectivity index (χ3n) is 3.86. The molecule has 0 fully saturated rings. The van der Waals surface area contributed by atoms with Gasteiger partial charge in [0.1, 0.15) is 12.4 Å². The van der Waals surface area contributed by atoms with E-state index in [0.29, 0.717) is 19.6 Å². The van der Waals surface area contributed by atoms with Gasteiger partial charge >= 0.3 is 0 Å². The fraction of sp³-hybridized carbons (Fsp3) is 0.526. The van der Waals surface area contributed by atoms with Gasteiger partial charge in [0.05, 0.1) is 12.9 Å². The smallest absolute Gasteiger partial charge is 0.220 e. The van der Waals surface area contributed by atoms with E-state index < -0.39 is 0 Å². The summed E-state index contributed by atoms with van der Waals surface area (Å²) >= 11 is 0. The number of nitrogens with one attached hydrogen (secondary N) is 1. The largest absolute Gasteiger partial charge is 0.496 e. The summed E-state index contributed by atoms with van der Waals surface area (Å²) in [7, 11) is 0. The summed E-state index contributed by atoms with van der Waals surface area (Å²) in [5.41, 5.74) is 1.10. The summed E-state index contributed by atoms with van der Waals surface area (Å²) in [6.45, 7) is 5.99. The summed E-state index contributed by atoms with van der Waals surface area (Å²) in [6.07, 6.45) is 6.66. The maximum absolute atomic E-state index is 11.6. The number of rotatable bonds is 9. The zero-order valence-electron chi connectivity index (χ0n) is 14.2. The highest BCUT2D eigenvalue weighted by Gasteiger charge is 2.08. The Bertz CT molecular complexity index is 637. The van der Waals surface area contributed by atoms with Gasteiger partial charge < -0.3 is 14.8 Å². The highest BCUT2D eigenvalue weighted by Crippen LogP contribution is 2.07. The molecule has 2 rings (SSSR count). The second kappa shape index (κ2) is 9.23. The van der Waals surface area contributed by atoms with Crippen molar-refractivity contribution in [3.63, 3.8) is 0 Å². The van der Waals surface area contributed by atoms with Crippen LogP contribution in [0.1, 0.15) is 46.0 Å². The Morgan fingerprint density at radius 3 is 2.91 bits per heavy atom. The van der Waals surface area contributed by atoms with Crippen LogP contribution in [-0.4, -0.2) is 25.7 Å². The van der Waals surface area contributed by atoms with E-state index in [2.05, 4.69) is 18.3 Å². The van der Waals surface area contributed by atoms with Gasteiger partial charge in [0, 0.05) is 18.2 Å². The number of ether oxygens (including phenoxy) is 2. The summed E-state index contributed by atoms with van der Waals surface area (Å²) in [4.78, 5) is 11.6.